The fourth-order valence-electron chi connectivity index (χ4n) is 14.2. The van der Waals surface area contributed by atoms with E-state index in [1.54, 1.807) is 11.3 Å². The third-order valence-corrected chi connectivity index (χ3v) is 18.8. The van der Waals surface area contributed by atoms with Crippen molar-refractivity contribution >= 4 is 140 Å². The number of benzene rings is 13. The van der Waals surface area contributed by atoms with E-state index in [4.69, 9.17) is 0 Å². The van der Waals surface area contributed by atoms with Crippen molar-refractivity contribution < 1.29 is 0 Å². The van der Waals surface area contributed by atoms with Crippen LogP contribution in [0, 0.1) is 22.7 Å². The van der Waals surface area contributed by atoms with Crippen molar-refractivity contribution in [3.63, 3.8) is 0 Å². The van der Waals surface area contributed by atoms with Crippen molar-refractivity contribution in [3.05, 3.63) is 266 Å². The van der Waals surface area contributed by atoms with Crippen molar-refractivity contribution in [1.82, 2.24) is 18.3 Å². The summed E-state index contributed by atoms with van der Waals surface area (Å²) in [6.07, 6.45) is 0. The molecule has 0 spiro atoms. The van der Waals surface area contributed by atoms with Crippen LogP contribution in [0.1, 0.15) is 11.1 Å². The molecule has 0 radical (unpaired) electrons. The molecule has 382 valence electrons. The Morgan fingerprint density at radius 1 is 0.277 bits per heavy atom. The molecule has 0 atom stereocenters. The molecule has 0 aliphatic carbocycles. The predicted octanol–water partition coefficient (Wildman–Crippen LogP) is 20.2. The molecule has 0 fully saturated rings. The second-order valence-electron chi connectivity index (χ2n) is 21.7. The number of hydrogen-bond donors (Lipinski definition) is 0. The molecule has 0 unspecified atom stereocenters. The van der Waals surface area contributed by atoms with Crippen LogP contribution in [-0.2, 0) is 0 Å². The molecule has 0 aliphatic rings. The van der Waals surface area contributed by atoms with E-state index >= 15 is 0 Å². The molecular formula is C76H42N6S. The summed E-state index contributed by atoms with van der Waals surface area (Å²) < 4.78 is 11.7. The fraction of sp³-hybridized carbons (Fsp3) is 0. The fourth-order valence-corrected chi connectivity index (χ4v) is 15.5. The monoisotopic (exact) mass is 1070 g/mol. The van der Waals surface area contributed by atoms with Gasteiger partial charge in [-0.3, -0.25) is 0 Å². The maximum atomic E-state index is 12.7. The summed E-state index contributed by atoms with van der Waals surface area (Å²) in [7, 11) is 0. The zero-order valence-electron chi connectivity index (χ0n) is 44.3. The summed E-state index contributed by atoms with van der Waals surface area (Å²) in [5.74, 6) is 0. The van der Waals surface area contributed by atoms with Gasteiger partial charge in [0.1, 0.15) is 12.1 Å². The van der Waals surface area contributed by atoms with Crippen LogP contribution in [-0.4, -0.2) is 18.3 Å². The number of thiophene rings is 1. The van der Waals surface area contributed by atoms with E-state index in [9.17, 15) is 10.5 Å². The summed E-state index contributed by atoms with van der Waals surface area (Å²) in [6.45, 7) is 0. The Morgan fingerprint density at radius 3 is 1.20 bits per heavy atom. The maximum absolute atomic E-state index is 12.7. The number of para-hydroxylation sites is 6. The summed E-state index contributed by atoms with van der Waals surface area (Å²) >= 11 is 1.78. The third kappa shape index (κ3) is 6.13. The van der Waals surface area contributed by atoms with E-state index in [1.165, 1.54) is 26.2 Å². The van der Waals surface area contributed by atoms with Crippen LogP contribution in [0.3, 0.4) is 0 Å². The minimum atomic E-state index is 0.268. The van der Waals surface area contributed by atoms with E-state index in [-0.39, 0.29) is 11.1 Å². The molecule has 13 aromatic carbocycles. The molecule has 5 heterocycles. The second-order valence-corrected chi connectivity index (χ2v) is 22.7. The van der Waals surface area contributed by atoms with Crippen LogP contribution in [0.15, 0.2) is 255 Å². The van der Waals surface area contributed by atoms with Gasteiger partial charge in [-0.15, -0.1) is 11.3 Å². The predicted molar refractivity (Wildman–Crippen MR) is 347 cm³/mol. The molecule has 0 N–H and O–H groups in total. The standard InChI is InChI=1S/C76H42N6S/c77-43-61-62(44-78)72(82-69-42-46(48-27-17-28-49-47-19-2-1-18-45(47)36-38-50(48)49)37-39-57(69)59-40-41-60-58-26-9-16-35-70(58)83-76(60)73(59)82)75(81-67-33-14-7-24-55(67)56-25-8-15-34-68(56)81)74(80-65-31-12-5-22-53(65)54-23-6-13-32-66(54)80)71(61)79-63-29-10-3-20-51(63)52-21-4-11-30-64(52)79/h1-42H. The topological polar surface area (TPSA) is 67.3 Å². The lowest BCUT2D eigenvalue weighted by Gasteiger charge is -2.28. The largest absolute Gasteiger partial charge is 0.306 e. The van der Waals surface area contributed by atoms with Crippen molar-refractivity contribution in [2.75, 3.05) is 0 Å². The third-order valence-electron chi connectivity index (χ3n) is 17.6. The molecule has 83 heavy (non-hydrogen) atoms. The lowest BCUT2D eigenvalue weighted by Crippen LogP contribution is -2.17. The van der Waals surface area contributed by atoms with Crippen molar-refractivity contribution in [2.45, 2.75) is 0 Å². The van der Waals surface area contributed by atoms with E-state index in [0.717, 1.165) is 125 Å². The highest BCUT2D eigenvalue weighted by Gasteiger charge is 2.35. The summed E-state index contributed by atoms with van der Waals surface area (Å²) in [5.41, 5.74) is 13.1. The highest BCUT2D eigenvalue weighted by molar-refractivity contribution is 7.26. The normalized spacial score (nSPS) is 12.1. The molecule has 18 aromatic rings. The Hall–Kier alpha value is -11.2. The molecule has 0 saturated heterocycles. The second kappa shape index (κ2) is 17.1. The van der Waals surface area contributed by atoms with Crippen molar-refractivity contribution in [1.29, 1.82) is 10.5 Å². The number of nitrogens with zero attached hydrogens (tertiary/aromatic N) is 6. The Bertz CT molecular complexity index is 5820. The Balaban J connectivity index is 1.14. The molecule has 7 heteroatoms. The highest BCUT2D eigenvalue weighted by Crippen LogP contribution is 2.51. The molecule has 6 nitrogen and oxygen atoms in total. The Morgan fingerprint density at radius 2 is 0.675 bits per heavy atom. The number of hydrogen-bond acceptors (Lipinski definition) is 3. The summed E-state index contributed by atoms with van der Waals surface area (Å²) in [5, 5.41) is 40.7. The van der Waals surface area contributed by atoms with E-state index in [1.807, 2.05) is 0 Å². The van der Waals surface area contributed by atoms with Gasteiger partial charge in [0.2, 0.25) is 0 Å². The lowest BCUT2D eigenvalue weighted by atomic mass is 9.94. The van der Waals surface area contributed by atoms with Gasteiger partial charge >= 0.3 is 0 Å². The Labute approximate surface area is 478 Å². The van der Waals surface area contributed by atoms with Gasteiger partial charge in [-0.25, -0.2) is 0 Å². The van der Waals surface area contributed by atoms with Crippen LogP contribution in [0.5, 0.6) is 0 Å². The first kappa shape index (κ1) is 45.6. The van der Waals surface area contributed by atoms with Gasteiger partial charge in [-0.05, 0) is 81.2 Å². The molecule has 0 aliphatic heterocycles. The molecule has 0 bridgehead atoms. The SMILES string of the molecule is N#Cc1c(C#N)c(-n2c3cc(-c4cccc5c4ccc4ccccc45)ccc3c3ccc4c5ccccc5sc4c32)c(-n2c3ccccc3c3ccccc32)c(-n2c3ccccc3c3ccccc32)c1-n1c2ccccc2c2ccccc21. The quantitative estimate of drug-likeness (QED) is 0.161. The first-order valence-corrected chi connectivity index (χ1v) is 28.8. The minimum Gasteiger partial charge on any atom is -0.306 e. The van der Waals surface area contributed by atoms with Crippen LogP contribution in [0.25, 0.3) is 163 Å². The van der Waals surface area contributed by atoms with Gasteiger partial charge in [0, 0.05) is 58.6 Å². The van der Waals surface area contributed by atoms with E-state index in [2.05, 4.69) is 285 Å². The number of fused-ring (bicyclic) bond motifs is 19. The molecule has 5 aromatic heterocycles. The molecule has 0 saturated carbocycles. The van der Waals surface area contributed by atoms with Crippen LogP contribution < -0.4 is 0 Å². The van der Waals surface area contributed by atoms with Crippen molar-refractivity contribution in [2.24, 2.45) is 0 Å². The first-order valence-electron chi connectivity index (χ1n) is 28.0. The maximum Gasteiger partial charge on any atom is 0.103 e. The average molecular weight is 1070 g/mol. The van der Waals surface area contributed by atoms with Gasteiger partial charge in [-0.1, -0.05) is 206 Å². The first-order chi connectivity index (χ1) is 41.2. The summed E-state index contributed by atoms with van der Waals surface area (Å²) in [4.78, 5) is 0. The summed E-state index contributed by atoms with van der Waals surface area (Å²) in [6, 6.07) is 96.9. The van der Waals surface area contributed by atoms with E-state index in [0.29, 0.717) is 11.4 Å². The van der Waals surface area contributed by atoms with Gasteiger partial charge in [0.15, 0.2) is 0 Å². The van der Waals surface area contributed by atoms with Crippen LogP contribution in [0.4, 0.5) is 0 Å². The zero-order valence-corrected chi connectivity index (χ0v) is 45.2. The highest BCUT2D eigenvalue weighted by atomic mass is 32.1. The van der Waals surface area contributed by atoms with E-state index < -0.39 is 0 Å². The molecule has 0 amide bonds. The molecule has 18 rings (SSSR count). The smallest absolute Gasteiger partial charge is 0.103 e. The van der Waals surface area contributed by atoms with Gasteiger partial charge in [-0.2, -0.15) is 10.5 Å². The number of nitriles is 2. The van der Waals surface area contributed by atoms with Crippen LogP contribution >= 0.6 is 11.3 Å². The minimum absolute atomic E-state index is 0.268. The van der Waals surface area contributed by atoms with Gasteiger partial charge in [0.05, 0.1) is 82.7 Å². The lowest BCUT2D eigenvalue weighted by molar-refractivity contribution is 1.01. The Kier molecular flexibility index (Phi) is 9.42. The number of rotatable bonds is 5. The van der Waals surface area contributed by atoms with Gasteiger partial charge in [0.25, 0.3) is 0 Å². The molecular weight excluding hydrogens is 1030 g/mol. The average Bonchev–Trinajstić information content (AvgIpc) is 2.30. The van der Waals surface area contributed by atoms with Gasteiger partial charge < -0.3 is 18.3 Å². The number of aromatic nitrogens is 4. The van der Waals surface area contributed by atoms with Crippen LogP contribution in [0.2, 0.25) is 0 Å². The van der Waals surface area contributed by atoms with Crippen molar-refractivity contribution in [3.8, 4) is 46.0 Å². The zero-order chi connectivity index (χ0) is 54.6.